The normalized spacial score (nSPS) is 40.7. The number of hydrogen-bond donors (Lipinski definition) is 1. The predicted octanol–water partition coefficient (Wildman–Crippen LogP) is 4.00. The highest BCUT2D eigenvalue weighted by molar-refractivity contribution is 5.79. The monoisotopic (exact) mass is 277 g/mol. The Morgan fingerprint density at radius 3 is 2.55 bits per heavy atom. The number of fused-ring (bicyclic) bond motifs is 2. The Kier molecular flexibility index (Phi) is 4.10. The van der Waals surface area contributed by atoms with E-state index >= 15 is 0 Å². The molecule has 2 nitrogen and oxygen atoms in total. The van der Waals surface area contributed by atoms with Gasteiger partial charge in [-0.15, -0.1) is 0 Å². The molecule has 3 aliphatic carbocycles. The highest BCUT2D eigenvalue weighted by Gasteiger charge is 2.47. The van der Waals surface area contributed by atoms with Gasteiger partial charge in [0.05, 0.1) is 0 Å². The van der Waals surface area contributed by atoms with E-state index in [-0.39, 0.29) is 0 Å². The van der Waals surface area contributed by atoms with Crippen molar-refractivity contribution in [2.75, 3.05) is 0 Å². The molecule has 0 aliphatic heterocycles. The lowest BCUT2D eigenvalue weighted by atomic mass is 9.54. The number of hydrogen-bond acceptors (Lipinski definition) is 1. The van der Waals surface area contributed by atoms with Crippen molar-refractivity contribution in [3.8, 4) is 0 Å². The summed E-state index contributed by atoms with van der Waals surface area (Å²) in [4.78, 5) is 12.7. The van der Waals surface area contributed by atoms with Crippen LogP contribution in [-0.4, -0.2) is 11.9 Å². The van der Waals surface area contributed by atoms with Crippen LogP contribution in [0.4, 0.5) is 0 Å². The molecule has 2 heteroatoms. The summed E-state index contributed by atoms with van der Waals surface area (Å²) in [5, 5.41) is 3.31. The SMILES string of the molecule is CC(C)CC(C)NC(=O)C1CC2CC3CCC1C(C3)C2. The van der Waals surface area contributed by atoms with Gasteiger partial charge in [-0.3, -0.25) is 4.79 Å². The first kappa shape index (κ1) is 14.4. The zero-order valence-corrected chi connectivity index (χ0v) is 13.4. The Hall–Kier alpha value is -0.530. The van der Waals surface area contributed by atoms with E-state index in [2.05, 4.69) is 26.1 Å². The Labute approximate surface area is 124 Å². The second-order valence-corrected chi connectivity index (χ2v) is 8.32. The van der Waals surface area contributed by atoms with E-state index in [1.807, 2.05) is 0 Å². The molecule has 0 aromatic rings. The third-order valence-corrected chi connectivity index (χ3v) is 6.11. The van der Waals surface area contributed by atoms with Crippen molar-refractivity contribution in [1.29, 1.82) is 0 Å². The quantitative estimate of drug-likeness (QED) is 0.827. The average Bonchev–Trinajstić information content (AvgIpc) is 2.34. The van der Waals surface area contributed by atoms with Gasteiger partial charge in [-0.1, -0.05) is 20.3 Å². The first-order valence-corrected chi connectivity index (χ1v) is 8.83. The summed E-state index contributed by atoms with van der Waals surface area (Å²) in [6, 6.07) is 0.334. The maximum atomic E-state index is 12.7. The van der Waals surface area contributed by atoms with Gasteiger partial charge >= 0.3 is 0 Å². The van der Waals surface area contributed by atoms with Crippen molar-refractivity contribution in [3.05, 3.63) is 0 Å². The second kappa shape index (κ2) is 5.69. The van der Waals surface area contributed by atoms with Crippen molar-refractivity contribution < 1.29 is 4.79 Å². The van der Waals surface area contributed by atoms with Crippen LogP contribution < -0.4 is 5.32 Å². The van der Waals surface area contributed by atoms with Gasteiger partial charge in [-0.25, -0.2) is 0 Å². The van der Waals surface area contributed by atoms with Crippen molar-refractivity contribution in [1.82, 2.24) is 5.32 Å². The summed E-state index contributed by atoms with van der Waals surface area (Å²) in [5.74, 6) is 4.79. The number of nitrogens with one attached hydrogen (secondary N) is 1. The molecule has 3 saturated carbocycles. The molecule has 3 aliphatic rings. The average molecular weight is 277 g/mol. The number of amides is 1. The highest BCUT2D eigenvalue weighted by Crippen LogP contribution is 2.54. The van der Waals surface area contributed by atoms with Gasteiger partial charge in [-0.05, 0) is 75.0 Å². The summed E-state index contributed by atoms with van der Waals surface area (Å²) < 4.78 is 0. The fourth-order valence-corrected chi connectivity index (χ4v) is 5.54. The van der Waals surface area contributed by atoms with E-state index in [0.29, 0.717) is 29.7 Å². The molecule has 0 aromatic carbocycles. The highest BCUT2D eigenvalue weighted by atomic mass is 16.1. The Bertz CT molecular complexity index is 358. The molecular formula is C18H31NO. The molecule has 3 fully saturated rings. The summed E-state index contributed by atoms with van der Waals surface area (Å²) in [5.41, 5.74) is 0. The minimum atomic E-state index is 0.328. The molecule has 6 unspecified atom stereocenters. The molecule has 20 heavy (non-hydrogen) atoms. The number of carbonyl (C=O) groups is 1. The van der Waals surface area contributed by atoms with Crippen molar-refractivity contribution >= 4 is 5.91 Å². The molecule has 0 saturated heterocycles. The second-order valence-electron chi connectivity index (χ2n) is 8.32. The first-order chi connectivity index (χ1) is 9.52. The van der Waals surface area contributed by atoms with Crippen LogP contribution in [0.1, 0.15) is 65.7 Å². The van der Waals surface area contributed by atoms with Gasteiger partial charge in [-0.2, -0.15) is 0 Å². The smallest absolute Gasteiger partial charge is 0.223 e. The van der Waals surface area contributed by atoms with Crippen LogP contribution >= 0.6 is 0 Å². The maximum Gasteiger partial charge on any atom is 0.223 e. The van der Waals surface area contributed by atoms with Crippen LogP contribution in [0.15, 0.2) is 0 Å². The molecule has 1 N–H and O–H groups in total. The molecule has 0 radical (unpaired) electrons. The van der Waals surface area contributed by atoms with Gasteiger partial charge in [0.1, 0.15) is 0 Å². The fourth-order valence-electron chi connectivity index (χ4n) is 5.54. The van der Waals surface area contributed by atoms with Crippen LogP contribution in [0.25, 0.3) is 0 Å². The minimum absolute atomic E-state index is 0.328. The molecule has 3 bridgehead atoms. The van der Waals surface area contributed by atoms with Crippen LogP contribution in [0.5, 0.6) is 0 Å². The molecule has 0 aromatic heterocycles. The first-order valence-electron chi connectivity index (χ1n) is 8.83. The molecule has 6 atom stereocenters. The van der Waals surface area contributed by atoms with Gasteiger partial charge in [0.25, 0.3) is 0 Å². The lowest BCUT2D eigenvalue weighted by Crippen LogP contribution is -2.49. The predicted molar refractivity (Wildman–Crippen MR) is 82.2 cm³/mol. The molecule has 0 spiro atoms. The molecule has 3 rings (SSSR count). The summed E-state index contributed by atoms with van der Waals surface area (Å²) in [6.45, 7) is 6.63. The summed E-state index contributed by atoms with van der Waals surface area (Å²) >= 11 is 0. The van der Waals surface area contributed by atoms with E-state index in [0.717, 1.165) is 24.2 Å². The van der Waals surface area contributed by atoms with E-state index < -0.39 is 0 Å². The molecular weight excluding hydrogens is 246 g/mol. The Morgan fingerprint density at radius 2 is 1.80 bits per heavy atom. The van der Waals surface area contributed by atoms with E-state index in [4.69, 9.17) is 0 Å². The van der Waals surface area contributed by atoms with Gasteiger partial charge in [0, 0.05) is 12.0 Å². The molecule has 1 amide bonds. The van der Waals surface area contributed by atoms with E-state index in [9.17, 15) is 4.79 Å². The zero-order chi connectivity index (χ0) is 14.3. The van der Waals surface area contributed by atoms with Crippen LogP contribution in [-0.2, 0) is 4.79 Å². The lowest BCUT2D eigenvalue weighted by Gasteiger charge is -2.51. The molecule has 0 heterocycles. The summed E-state index contributed by atoms with van der Waals surface area (Å²) in [7, 11) is 0. The van der Waals surface area contributed by atoms with E-state index in [1.54, 1.807) is 0 Å². The Balaban J connectivity index is 1.63. The maximum absolute atomic E-state index is 12.7. The van der Waals surface area contributed by atoms with Gasteiger partial charge < -0.3 is 5.32 Å². The standard InChI is InChI=1S/C18H31NO/c1-11(2)6-12(3)19-18(20)17-10-14-7-13-4-5-16(17)15(8-13)9-14/h11-17H,4-10H2,1-3H3,(H,19,20). The van der Waals surface area contributed by atoms with Gasteiger partial charge in [0.2, 0.25) is 5.91 Å². The van der Waals surface area contributed by atoms with Crippen molar-refractivity contribution in [2.24, 2.45) is 35.5 Å². The largest absolute Gasteiger partial charge is 0.353 e. The topological polar surface area (TPSA) is 29.1 Å². The minimum Gasteiger partial charge on any atom is -0.353 e. The van der Waals surface area contributed by atoms with Crippen molar-refractivity contribution in [3.63, 3.8) is 0 Å². The lowest BCUT2D eigenvalue weighted by molar-refractivity contribution is -0.134. The van der Waals surface area contributed by atoms with Crippen LogP contribution in [0.2, 0.25) is 0 Å². The van der Waals surface area contributed by atoms with Crippen LogP contribution in [0, 0.1) is 35.5 Å². The third-order valence-electron chi connectivity index (χ3n) is 6.11. The van der Waals surface area contributed by atoms with Crippen LogP contribution in [0.3, 0.4) is 0 Å². The zero-order valence-electron chi connectivity index (χ0n) is 13.4. The Morgan fingerprint density at radius 1 is 1.05 bits per heavy atom. The number of carbonyl (C=O) groups excluding carboxylic acids is 1. The van der Waals surface area contributed by atoms with E-state index in [1.165, 1.54) is 38.5 Å². The van der Waals surface area contributed by atoms with Crippen molar-refractivity contribution in [2.45, 2.75) is 71.8 Å². The fraction of sp³-hybridized carbons (Fsp3) is 0.944. The molecule has 114 valence electrons. The summed E-state index contributed by atoms with van der Waals surface area (Å²) in [6.07, 6.45) is 9.24. The van der Waals surface area contributed by atoms with Gasteiger partial charge in [0.15, 0.2) is 0 Å². The number of rotatable bonds is 4. The third kappa shape index (κ3) is 2.89.